The van der Waals surface area contributed by atoms with E-state index in [1.165, 1.54) is 0 Å². The van der Waals surface area contributed by atoms with Crippen molar-refractivity contribution in [2.45, 2.75) is 59.3 Å². The standard InChI is InChI=1S/C18H32N2O3/c1-17(2,3)14-6-4-13(5-7-14)15(21)20-12-18(16(19)22)8-10-23-11-9-18/h13-14H,4-12H2,1-3H3,(H2,19,22)(H,20,21). The second kappa shape index (κ2) is 7.20. The Kier molecular flexibility index (Phi) is 5.71. The summed E-state index contributed by atoms with van der Waals surface area (Å²) < 4.78 is 5.32. The van der Waals surface area contributed by atoms with Crippen molar-refractivity contribution in [1.29, 1.82) is 0 Å². The third-order valence-corrected chi connectivity index (χ3v) is 5.90. The topological polar surface area (TPSA) is 81.4 Å². The summed E-state index contributed by atoms with van der Waals surface area (Å²) in [6, 6.07) is 0. The highest BCUT2D eigenvalue weighted by atomic mass is 16.5. The Balaban J connectivity index is 1.84. The summed E-state index contributed by atoms with van der Waals surface area (Å²) in [5, 5.41) is 3.00. The van der Waals surface area contributed by atoms with Crippen molar-refractivity contribution in [3.05, 3.63) is 0 Å². The molecular formula is C18H32N2O3. The number of primary amides is 1. The average molecular weight is 324 g/mol. The van der Waals surface area contributed by atoms with E-state index in [4.69, 9.17) is 10.5 Å². The second-order valence-corrected chi connectivity index (χ2v) is 8.39. The van der Waals surface area contributed by atoms with Crippen molar-refractivity contribution in [3.63, 3.8) is 0 Å². The van der Waals surface area contributed by atoms with Crippen molar-refractivity contribution >= 4 is 11.8 Å². The quantitative estimate of drug-likeness (QED) is 0.832. The molecule has 0 spiro atoms. The molecule has 2 fully saturated rings. The van der Waals surface area contributed by atoms with Crippen LogP contribution in [0.15, 0.2) is 0 Å². The molecule has 2 rings (SSSR count). The minimum absolute atomic E-state index is 0.0818. The Morgan fingerprint density at radius 1 is 1.13 bits per heavy atom. The van der Waals surface area contributed by atoms with Gasteiger partial charge >= 0.3 is 0 Å². The second-order valence-electron chi connectivity index (χ2n) is 8.39. The molecule has 5 nitrogen and oxygen atoms in total. The van der Waals surface area contributed by atoms with Crippen LogP contribution in [0.5, 0.6) is 0 Å². The van der Waals surface area contributed by atoms with E-state index in [9.17, 15) is 9.59 Å². The van der Waals surface area contributed by atoms with Crippen LogP contribution < -0.4 is 11.1 Å². The number of nitrogens with one attached hydrogen (secondary N) is 1. The van der Waals surface area contributed by atoms with E-state index >= 15 is 0 Å². The molecule has 1 heterocycles. The number of amides is 2. The van der Waals surface area contributed by atoms with Crippen molar-refractivity contribution in [2.75, 3.05) is 19.8 Å². The molecule has 0 aromatic rings. The van der Waals surface area contributed by atoms with E-state index in [0.29, 0.717) is 43.9 Å². The molecule has 0 bridgehead atoms. The molecule has 0 aromatic carbocycles. The third-order valence-electron chi connectivity index (χ3n) is 5.90. The van der Waals surface area contributed by atoms with Gasteiger partial charge in [-0.25, -0.2) is 0 Å². The molecule has 2 aliphatic rings. The number of nitrogens with two attached hydrogens (primary N) is 1. The van der Waals surface area contributed by atoms with Crippen LogP contribution in [-0.4, -0.2) is 31.6 Å². The van der Waals surface area contributed by atoms with E-state index in [0.717, 1.165) is 25.7 Å². The summed E-state index contributed by atoms with van der Waals surface area (Å²) in [6.07, 6.45) is 5.30. The summed E-state index contributed by atoms with van der Waals surface area (Å²) >= 11 is 0. The monoisotopic (exact) mass is 324 g/mol. The highest BCUT2D eigenvalue weighted by Gasteiger charge is 2.39. The van der Waals surface area contributed by atoms with Gasteiger partial charge in [0, 0.05) is 25.7 Å². The molecule has 3 N–H and O–H groups in total. The molecule has 1 aliphatic carbocycles. The van der Waals surface area contributed by atoms with Gasteiger partial charge < -0.3 is 15.8 Å². The van der Waals surface area contributed by atoms with Crippen LogP contribution in [0.3, 0.4) is 0 Å². The fourth-order valence-electron chi connectivity index (χ4n) is 3.89. The van der Waals surface area contributed by atoms with E-state index < -0.39 is 5.41 Å². The van der Waals surface area contributed by atoms with Gasteiger partial charge in [0.2, 0.25) is 11.8 Å². The number of hydrogen-bond donors (Lipinski definition) is 2. The smallest absolute Gasteiger partial charge is 0.225 e. The minimum Gasteiger partial charge on any atom is -0.381 e. The normalized spacial score (nSPS) is 28.1. The third kappa shape index (κ3) is 4.46. The lowest BCUT2D eigenvalue weighted by Gasteiger charge is -2.37. The van der Waals surface area contributed by atoms with E-state index in [1.54, 1.807) is 0 Å². The van der Waals surface area contributed by atoms with Gasteiger partial charge in [0.15, 0.2) is 0 Å². The summed E-state index contributed by atoms with van der Waals surface area (Å²) in [6.45, 7) is 8.26. The van der Waals surface area contributed by atoms with Gasteiger partial charge in [-0.3, -0.25) is 9.59 Å². The molecule has 2 amide bonds. The highest BCUT2D eigenvalue weighted by molar-refractivity contribution is 5.83. The van der Waals surface area contributed by atoms with Crippen molar-refractivity contribution in [1.82, 2.24) is 5.32 Å². The lowest BCUT2D eigenvalue weighted by atomic mass is 9.69. The molecular weight excluding hydrogens is 292 g/mol. The van der Waals surface area contributed by atoms with Crippen LogP contribution in [-0.2, 0) is 14.3 Å². The maximum atomic E-state index is 12.5. The maximum Gasteiger partial charge on any atom is 0.225 e. The first-order valence-corrected chi connectivity index (χ1v) is 8.90. The summed E-state index contributed by atoms with van der Waals surface area (Å²) in [4.78, 5) is 24.3. The van der Waals surface area contributed by atoms with Gasteiger partial charge in [-0.1, -0.05) is 20.8 Å². The first-order valence-electron chi connectivity index (χ1n) is 8.90. The Labute approximate surface area is 139 Å². The molecule has 0 atom stereocenters. The van der Waals surface area contributed by atoms with Gasteiger partial charge in [-0.2, -0.15) is 0 Å². The first kappa shape index (κ1) is 18.2. The van der Waals surface area contributed by atoms with Crippen LogP contribution in [0, 0.1) is 22.7 Å². The largest absolute Gasteiger partial charge is 0.381 e. The van der Waals surface area contributed by atoms with E-state index in [2.05, 4.69) is 26.1 Å². The van der Waals surface area contributed by atoms with Gasteiger partial charge in [0.25, 0.3) is 0 Å². The lowest BCUT2D eigenvalue weighted by molar-refractivity contribution is -0.135. The molecule has 1 saturated heterocycles. The SMILES string of the molecule is CC(C)(C)C1CCC(C(=O)NCC2(C(N)=O)CCOCC2)CC1. The Hall–Kier alpha value is -1.10. The van der Waals surface area contributed by atoms with Gasteiger partial charge in [-0.15, -0.1) is 0 Å². The average Bonchev–Trinajstić information content (AvgIpc) is 2.52. The predicted octanol–water partition coefficient (Wildman–Crippen LogP) is 2.24. The summed E-state index contributed by atoms with van der Waals surface area (Å²) in [7, 11) is 0. The molecule has 0 unspecified atom stereocenters. The Bertz CT molecular complexity index is 428. The Morgan fingerprint density at radius 2 is 1.70 bits per heavy atom. The predicted molar refractivity (Wildman–Crippen MR) is 89.6 cm³/mol. The lowest BCUT2D eigenvalue weighted by Crippen LogP contribution is -2.50. The number of ether oxygens (including phenoxy) is 1. The molecule has 1 aliphatic heterocycles. The molecule has 0 radical (unpaired) electrons. The Morgan fingerprint density at radius 3 is 2.17 bits per heavy atom. The summed E-state index contributed by atoms with van der Waals surface area (Å²) in [5.74, 6) is 0.541. The zero-order valence-corrected chi connectivity index (χ0v) is 14.8. The van der Waals surface area contributed by atoms with Crippen LogP contribution in [0.2, 0.25) is 0 Å². The van der Waals surface area contributed by atoms with Crippen LogP contribution in [0.1, 0.15) is 59.3 Å². The first-order chi connectivity index (χ1) is 10.7. The van der Waals surface area contributed by atoms with Gasteiger partial charge in [0.1, 0.15) is 0 Å². The number of carbonyl (C=O) groups is 2. The van der Waals surface area contributed by atoms with Crippen LogP contribution in [0.4, 0.5) is 0 Å². The molecule has 5 heteroatoms. The van der Waals surface area contributed by atoms with Crippen LogP contribution in [0.25, 0.3) is 0 Å². The number of rotatable bonds is 4. The fourth-order valence-corrected chi connectivity index (χ4v) is 3.89. The van der Waals surface area contributed by atoms with E-state index in [-0.39, 0.29) is 17.7 Å². The molecule has 132 valence electrons. The van der Waals surface area contributed by atoms with Crippen LogP contribution >= 0.6 is 0 Å². The van der Waals surface area contributed by atoms with Gasteiger partial charge in [0.05, 0.1) is 5.41 Å². The summed E-state index contributed by atoms with van der Waals surface area (Å²) in [5.41, 5.74) is 5.28. The fraction of sp³-hybridized carbons (Fsp3) is 0.889. The van der Waals surface area contributed by atoms with Crippen molar-refractivity contribution < 1.29 is 14.3 Å². The number of carbonyl (C=O) groups excluding carboxylic acids is 2. The minimum atomic E-state index is -0.628. The zero-order chi connectivity index (χ0) is 17.1. The molecule has 23 heavy (non-hydrogen) atoms. The van der Waals surface area contributed by atoms with Gasteiger partial charge in [-0.05, 0) is 49.9 Å². The maximum absolute atomic E-state index is 12.5. The van der Waals surface area contributed by atoms with Crippen molar-refractivity contribution in [3.8, 4) is 0 Å². The zero-order valence-electron chi connectivity index (χ0n) is 14.8. The molecule has 0 aromatic heterocycles. The molecule has 1 saturated carbocycles. The number of hydrogen-bond acceptors (Lipinski definition) is 3. The highest BCUT2D eigenvalue weighted by Crippen LogP contribution is 2.40. The van der Waals surface area contributed by atoms with E-state index in [1.807, 2.05) is 0 Å². The van der Waals surface area contributed by atoms with Crippen molar-refractivity contribution in [2.24, 2.45) is 28.4 Å².